The molecule has 1 aromatic heterocycles. The number of nitrogens with one attached hydrogen (secondary N) is 1. The molecule has 2 heterocycles. The van der Waals surface area contributed by atoms with Crippen molar-refractivity contribution < 1.29 is 17.6 Å². The van der Waals surface area contributed by atoms with E-state index in [0.717, 1.165) is 6.07 Å². The summed E-state index contributed by atoms with van der Waals surface area (Å²) in [5, 5.41) is 2.98. The standard InChI is InChI=1S/C20H15F4N5/c1-3-7-26-19-12(2)16(28-18-6-8-25-11-27-18)10-17(29-19)14-9-13(20(22,23)24)4-5-15(14)21/h3-11H,2H2,1H3,(H,25,27,28). The highest BCUT2D eigenvalue weighted by molar-refractivity contribution is 6.22. The minimum absolute atomic E-state index is 0.0270. The van der Waals surface area contributed by atoms with Crippen molar-refractivity contribution in [1.82, 2.24) is 9.97 Å². The number of halogens is 4. The monoisotopic (exact) mass is 401 g/mol. The zero-order valence-electron chi connectivity index (χ0n) is 15.2. The van der Waals surface area contributed by atoms with E-state index in [1.807, 2.05) is 0 Å². The largest absolute Gasteiger partial charge is 0.416 e. The lowest BCUT2D eigenvalue weighted by Crippen LogP contribution is -2.19. The summed E-state index contributed by atoms with van der Waals surface area (Å²) in [5.74, 6) is -0.287. The van der Waals surface area contributed by atoms with Crippen molar-refractivity contribution in [3.05, 3.63) is 89.9 Å². The van der Waals surface area contributed by atoms with Gasteiger partial charge in [0.25, 0.3) is 0 Å². The van der Waals surface area contributed by atoms with Gasteiger partial charge in [0.1, 0.15) is 18.0 Å². The van der Waals surface area contributed by atoms with Gasteiger partial charge in [-0.05, 0) is 37.3 Å². The van der Waals surface area contributed by atoms with Crippen molar-refractivity contribution in [1.29, 1.82) is 0 Å². The predicted molar refractivity (Wildman–Crippen MR) is 103 cm³/mol. The first kappa shape index (κ1) is 20.1. The summed E-state index contributed by atoms with van der Waals surface area (Å²) in [6, 6.07) is 3.75. The maximum atomic E-state index is 14.4. The number of allylic oxidation sites excluding steroid dienone is 2. The highest BCUT2D eigenvalue weighted by Crippen LogP contribution is 2.31. The van der Waals surface area contributed by atoms with Crippen LogP contribution in [-0.2, 0) is 6.18 Å². The number of aliphatic imine (C=N–C) groups is 2. The minimum atomic E-state index is -4.62. The zero-order valence-corrected chi connectivity index (χ0v) is 15.2. The summed E-state index contributed by atoms with van der Waals surface area (Å²) in [4.78, 5) is 16.2. The van der Waals surface area contributed by atoms with Crippen LogP contribution in [0, 0.1) is 5.82 Å². The number of amidine groups is 1. The SMILES string of the molecule is C=C1C(Nc2ccncn2)=CC(c2cc(C(F)(F)F)ccc2F)=NC1=NC=CC. The van der Waals surface area contributed by atoms with E-state index in [9.17, 15) is 17.6 Å². The molecule has 3 rings (SSSR count). The second-order valence-corrected chi connectivity index (χ2v) is 5.88. The van der Waals surface area contributed by atoms with Gasteiger partial charge in [0.2, 0.25) is 0 Å². The minimum Gasteiger partial charge on any atom is -0.339 e. The molecule has 1 aliphatic heterocycles. The molecule has 0 radical (unpaired) electrons. The van der Waals surface area contributed by atoms with Crippen molar-refractivity contribution >= 4 is 17.4 Å². The molecular formula is C20H15F4N5. The maximum Gasteiger partial charge on any atom is 0.416 e. The summed E-state index contributed by atoms with van der Waals surface area (Å²) in [5.41, 5.74) is -0.568. The van der Waals surface area contributed by atoms with Gasteiger partial charge in [0.05, 0.1) is 17.0 Å². The van der Waals surface area contributed by atoms with E-state index in [1.165, 1.54) is 24.8 Å². The smallest absolute Gasteiger partial charge is 0.339 e. The number of aromatic nitrogens is 2. The summed E-state index contributed by atoms with van der Waals surface area (Å²) in [6.07, 6.45) is 2.73. The van der Waals surface area contributed by atoms with Gasteiger partial charge >= 0.3 is 6.18 Å². The van der Waals surface area contributed by atoms with E-state index in [0.29, 0.717) is 29.2 Å². The van der Waals surface area contributed by atoms with Gasteiger partial charge in [-0.15, -0.1) is 0 Å². The van der Waals surface area contributed by atoms with Crippen LogP contribution in [0.15, 0.2) is 83.0 Å². The lowest BCUT2D eigenvalue weighted by atomic mass is 10.00. The van der Waals surface area contributed by atoms with E-state index in [4.69, 9.17) is 0 Å². The first-order valence-electron chi connectivity index (χ1n) is 8.38. The molecular weight excluding hydrogens is 386 g/mol. The Kier molecular flexibility index (Phi) is 5.67. The molecule has 0 saturated heterocycles. The zero-order chi connectivity index (χ0) is 21.0. The first-order chi connectivity index (χ1) is 13.8. The molecule has 0 spiro atoms. The number of dihydropyridines is 1. The van der Waals surface area contributed by atoms with Crippen LogP contribution in [0.3, 0.4) is 0 Å². The Bertz CT molecular complexity index is 1050. The number of alkyl halides is 3. The normalized spacial score (nSPS) is 16.2. The molecule has 9 heteroatoms. The predicted octanol–water partition coefficient (Wildman–Crippen LogP) is 4.92. The fourth-order valence-corrected chi connectivity index (χ4v) is 2.46. The highest BCUT2D eigenvalue weighted by atomic mass is 19.4. The van der Waals surface area contributed by atoms with Crippen molar-refractivity contribution in [2.45, 2.75) is 13.1 Å². The van der Waals surface area contributed by atoms with Crippen LogP contribution in [0.4, 0.5) is 23.4 Å². The molecule has 0 bridgehead atoms. The average Bonchev–Trinajstić information content (AvgIpc) is 2.69. The summed E-state index contributed by atoms with van der Waals surface area (Å²) in [7, 11) is 0. The average molecular weight is 401 g/mol. The molecule has 29 heavy (non-hydrogen) atoms. The van der Waals surface area contributed by atoms with Crippen LogP contribution in [0.1, 0.15) is 18.1 Å². The molecule has 0 atom stereocenters. The van der Waals surface area contributed by atoms with E-state index >= 15 is 0 Å². The van der Waals surface area contributed by atoms with Gasteiger partial charge in [-0.1, -0.05) is 12.7 Å². The number of benzene rings is 1. The van der Waals surface area contributed by atoms with Crippen molar-refractivity contribution in [3.8, 4) is 0 Å². The van der Waals surface area contributed by atoms with Crippen LogP contribution in [0.5, 0.6) is 0 Å². The lowest BCUT2D eigenvalue weighted by Gasteiger charge is -2.19. The number of nitrogens with zero attached hydrogens (tertiary/aromatic N) is 4. The Balaban J connectivity index is 2.11. The van der Waals surface area contributed by atoms with E-state index in [2.05, 4.69) is 31.8 Å². The van der Waals surface area contributed by atoms with Crippen LogP contribution in [0.2, 0.25) is 0 Å². The third-order valence-corrected chi connectivity index (χ3v) is 3.86. The van der Waals surface area contributed by atoms with Gasteiger partial charge in [0.15, 0.2) is 5.84 Å². The molecule has 1 N–H and O–H groups in total. The first-order valence-corrected chi connectivity index (χ1v) is 8.38. The van der Waals surface area contributed by atoms with Crippen LogP contribution in [-0.4, -0.2) is 21.5 Å². The Morgan fingerprint density at radius 2 is 2.00 bits per heavy atom. The van der Waals surface area contributed by atoms with Crippen molar-refractivity contribution in [2.75, 3.05) is 5.32 Å². The van der Waals surface area contributed by atoms with Gasteiger partial charge in [0, 0.05) is 23.5 Å². The summed E-state index contributed by atoms with van der Waals surface area (Å²) < 4.78 is 53.6. The third-order valence-electron chi connectivity index (χ3n) is 3.86. The summed E-state index contributed by atoms with van der Waals surface area (Å²) in [6.45, 7) is 5.65. The number of rotatable bonds is 4. The lowest BCUT2D eigenvalue weighted by molar-refractivity contribution is -0.137. The molecule has 1 aromatic carbocycles. The maximum absolute atomic E-state index is 14.4. The van der Waals surface area contributed by atoms with Crippen molar-refractivity contribution in [3.63, 3.8) is 0 Å². The molecule has 0 amide bonds. The van der Waals surface area contributed by atoms with Crippen LogP contribution < -0.4 is 5.32 Å². The van der Waals surface area contributed by atoms with Gasteiger partial charge in [-0.25, -0.2) is 24.3 Å². The van der Waals surface area contributed by atoms with Crippen molar-refractivity contribution in [2.24, 2.45) is 9.98 Å². The van der Waals surface area contributed by atoms with E-state index in [1.54, 1.807) is 19.1 Å². The van der Waals surface area contributed by atoms with E-state index in [-0.39, 0.29) is 17.1 Å². The number of hydrogen-bond donors (Lipinski definition) is 1. The molecule has 5 nitrogen and oxygen atoms in total. The summed E-state index contributed by atoms with van der Waals surface area (Å²) >= 11 is 0. The molecule has 0 saturated carbocycles. The van der Waals surface area contributed by atoms with Gasteiger partial charge in [-0.3, -0.25) is 0 Å². The quantitative estimate of drug-likeness (QED) is 0.740. The Labute approximate surface area is 164 Å². The second kappa shape index (κ2) is 8.17. The van der Waals surface area contributed by atoms with Crippen LogP contribution >= 0.6 is 0 Å². The highest BCUT2D eigenvalue weighted by Gasteiger charge is 2.32. The molecule has 0 fully saturated rings. The second-order valence-electron chi connectivity index (χ2n) is 5.88. The van der Waals surface area contributed by atoms with Crippen LogP contribution in [0.25, 0.3) is 0 Å². The topological polar surface area (TPSA) is 62.5 Å². The molecule has 148 valence electrons. The fraction of sp³-hybridized carbons (Fsp3) is 0.100. The molecule has 0 aliphatic carbocycles. The Hall–Kier alpha value is -3.62. The van der Waals surface area contributed by atoms with E-state index < -0.39 is 17.6 Å². The fourth-order valence-electron chi connectivity index (χ4n) is 2.46. The molecule has 0 unspecified atom stereocenters. The van der Waals surface area contributed by atoms with Gasteiger partial charge < -0.3 is 5.32 Å². The number of hydrogen-bond acceptors (Lipinski definition) is 4. The Morgan fingerprint density at radius 1 is 1.21 bits per heavy atom. The third kappa shape index (κ3) is 4.63. The molecule has 1 aliphatic rings. The Morgan fingerprint density at radius 3 is 2.66 bits per heavy atom. The number of anilines is 1. The molecule has 2 aromatic rings. The van der Waals surface area contributed by atoms with Gasteiger partial charge in [-0.2, -0.15) is 13.2 Å².